The Balaban J connectivity index is 0.000000173. The number of amides is 1. The van der Waals surface area contributed by atoms with Crippen molar-refractivity contribution in [2.75, 3.05) is 99.3 Å². The van der Waals surface area contributed by atoms with E-state index in [1.165, 1.54) is 57.4 Å². The van der Waals surface area contributed by atoms with Crippen LogP contribution < -0.4 is 29.1 Å². The van der Waals surface area contributed by atoms with Crippen LogP contribution in [0.5, 0.6) is 12.0 Å². The molecule has 4 saturated heterocycles. The average Bonchev–Trinajstić information content (AvgIpc) is 4.10. The van der Waals surface area contributed by atoms with Crippen LogP contribution in [0.3, 0.4) is 0 Å². The molecule has 4 aromatic carbocycles. The molecule has 0 unspecified atom stereocenters. The average molecular weight is 1040 g/mol. The molecule has 17 heteroatoms. The standard InChI is InChI=1S/C31H35N7O2.C29H34N6O.FH/c1-3-29(39)37-16-17-38(24(18-32)19-37)30-26-13-15-36(28-12-6-9-22-8-4-5-11-25(22)28)20-27(26)33-31(34-30)40-21-23-10-7-14-35(23)2;1-33-15-7-11-23(33)20-36-29-31-26-19-34(27-13-6-9-21-8-2-3-12-24(21)27)17-14-25(26)28(32-29)35-16-5-4-10-22(35)18-30;/h3-6,8-9,11-12,23-24H,1,7,10,13-17,19-21H2,2H3;2-3,6,8-9,12-13,22-23H,4-5,7,10-11,14-17,19-20H2,1H3;1H/t23-,24-;22-,23+;/m01./s1. The highest BCUT2D eigenvalue weighted by Gasteiger charge is 2.36. The summed E-state index contributed by atoms with van der Waals surface area (Å²) < 4.78 is 12.5. The molecule has 12 rings (SSSR count). The van der Waals surface area contributed by atoms with Gasteiger partial charge in [0.25, 0.3) is 0 Å². The van der Waals surface area contributed by atoms with Crippen molar-refractivity contribution in [1.29, 1.82) is 10.5 Å². The first-order valence-electron chi connectivity index (χ1n) is 27.4. The van der Waals surface area contributed by atoms with E-state index in [9.17, 15) is 15.3 Å². The summed E-state index contributed by atoms with van der Waals surface area (Å²) >= 11 is 0. The maximum Gasteiger partial charge on any atom is 0.318 e. The van der Waals surface area contributed by atoms with Crippen molar-refractivity contribution in [3.8, 4) is 24.2 Å². The molecule has 0 radical (unpaired) electrons. The highest BCUT2D eigenvalue weighted by Crippen LogP contribution is 2.38. The lowest BCUT2D eigenvalue weighted by atomic mass is 9.99. The zero-order chi connectivity index (χ0) is 52.1. The number of carbonyl (C=O) groups is 1. The van der Waals surface area contributed by atoms with Crippen LogP contribution in [-0.4, -0.2) is 144 Å². The summed E-state index contributed by atoms with van der Waals surface area (Å²) in [4.78, 5) is 47.5. The molecule has 4 fully saturated rings. The molecule has 0 saturated carbocycles. The molecule has 4 atom stereocenters. The van der Waals surface area contributed by atoms with Crippen LogP contribution in [0.15, 0.2) is 97.6 Å². The van der Waals surface area contributed by atoms with Gasteiger partial charge in [-0.25, -0.2) is 0 Å². The van der Waals surface area contributed by atoms with E-state index in [4.69, 9.17) is 29.4 Å². The van der Waals surface area contributed by atoms with Crippen LogP contribution >= 0.6 is 0 Å². The number of likely N-dealkylation sites (N-methyl/N-ethyl adjacent to an activating group) is 2. The molecule has 1 amide bonds. The Morgan fingerprint density at radius 1 is 0.610 bits per heavy atom. The summed E-state index contributed by atoms with van der Waals surface area (Å²) in [5, 5.41) is 24.9. The smallest absolute Gasteiger partial charge is 0.318 e. The fourth-order valence-corrected chi connectivity index (χ4v) is 12.3. The number of fused-ring (bicyclic) bond motifs is 4. The van der Waals surface area contributed by atoms with Crippen molar-refractivity contribution in [2.45, 2.75) is 95.0 Å². The Hall–Kier alpha value is -7.60. The maximum atomic E-state index is 12.3. The lowest BCUT2D eigenvalue weighted by Crippen LogP contribution is -2.54. The highest BCUT2D eigenvalue weighted by molar-refractivity contribution is 5.95. The molecule has 6 aliphatic rings. The van der Waals surface area contributed by atoms with E-state index in [-0.39, 0.29) is 16.7 Å². The van der Waals surface area contributed by atoms with Crippen molar-refractivity contribution < 1.29 is 19.0 Å². The minimum atomic E-state index is -0.512. The third kappa shape index (κ3) is 11.2. The van der Waals surface area contributed by atoms with Crippen molar-refractivity contribution in [2.24, 2.45) is 0 Å². The van der Waals surface area contributed by atoms with Gasteiger partial charge in [0.1, 0.15) is 36.9 Å². The zero-order valence-corrected chi connectivity index (χ0v) is 44.5. The Kier molecular flexibility index (Phi) is 16.3. The summed E-state index contributed by atoms with van der Waals surface area (Å²) in [7, 11) is 4.29. The summed E-state index contributed by atoms with van der Waals surface area (Å²) in [6.07, 6.45) is 10.6. The molecular formula is C60H70FN13O3. The minimum Gasteiger partial charge on any atom is -0.462 e. The number of piperazine rings is 1. The van der Waals surface area contributed by atoms with Gasteiger partial charge in [-0.3, -0.25) is 9.50 Å². The predicted molar refractivity (Wildman–Crippen MR) is 300 cm³/mol. The molecule has 400 valence electrons. The Morgan fingerprint density at radius 3 is 1.61 bits per heavy atom. The number of likely N-dealkylation sites (tertiary alicyclic amines) is 2. The third-order valence-corrected chi connectivity index (χ3v) is 16.6. The number of nitriles is 2. The van der Waals surface area contributed by atoms with Gasteiger partial charge in [-0.05, 0) is 114 Å². The van der Waals surface area contributed by atoms with E-state index >= 15 is 0 Å². The SMILES string of the molecule is C=CC(=O)N1CCN(c2nc(OC[C@@H]3CCCN3C)nc3c2CCN(c2cccc4ccccc24)C3)[C@@H](C#N)C1.CN1CCC[C@H]1COc1nc2c(c(N3CCCC[C@@H]3C#N)n1)CCN(c1cccc3ccccc13)C2.F. The van der Waals surface area contributed by atoms with Crippen LogP contribution in [0.2, 0.25) is 0 Å². The monoisotopic (exact) mass is 1040 g/mol. The molecule has 0 N–H and O–H groups in total. The second-order valence-electron chi connectivity index (χ2n) is 21.2. The molecule has 0 spiro atoms. The second-order valence-corrected chi connectivity index (χ2v) is 21.2. The first-order chi connectivity index (χ1) is 37.3. The van der Waals surface area contributed by atoms with Gasteiger partial charge in [0.15, 0.2) is 0 Å². The van der Waals surface area contributed by atoms with E-state index in [2.05, 4.69) is 142 Å². The summed E-state index contributed by atoms with van der Waals surface area (Å²) in [6, 6.07) is 35.8. The number of hydrogen-bond acceptors (Lipinski definition) is 15. The van der Waals surface area contributed by atoms with E-state index in [0.717, 1.165) is 106 Å². The number of rotatable bonds is 11. The van der Waals surface area contributed by atoms with Crippen molar-refractivity contribution in [3.05, 3.63) is 120 Å². The fraction of sp³-hybridized carbons (Fsp3) is 0.450. The first-order valence-corrected chi connectivity index (χ1v) is 27.4. The Labute approximate surface area is 451 Å². The summed E-state index contributed by atoms with van der Waals surface area (Å²) in [5.74, 6) is 1.52. The highest BCUT2D eigenvalue weighted by atomic mass is 19.0. The van der Waals surface area contributed by atoms with Gasteiger partial charge in [-0.15, -0.1) is 0 Å². The summed E-state index contributed by atoms with van der Waals surface area (Å²) in [5.41, 5.74) is 6.62. The van der Waals surface area contributed by atoms with Crippen molar-refractivity contribution in [3.63, 3.8) is 0 Å². The van der Waals surface area contributed by atoms with E-state index in [1.54, 1.807) is 4.90 Å². The predicted octanol–water partition coefficient (Wildman–Crippen LogP) is 8.09. The number of aromatic nitrogens is 4. The molecular weight excluding hydrogens is 970 g/mol. The van der Waals surface area contributed by atoms with Crippen LogP contribution in [0.4, 0.5) is 27.7 Å². The van der Waals surface area contributed by atoms with Gasteiger partial charge in [-0.1, -0.05) is 79.4 Å². The largest absolute Gasteiger partial charge is 0.462 e. The first kappa shape index (κ1) is 52.8. The molecule has 6 aromatic rings. The second kappa shape index (κ2) is 23.7. The van der Waals surface area contributed by atoms with E-state index < -0.39 is 6.04 Å². The third-order valence-electron chi connectivity index (χ3n) is 16.6. The molecule has 77 heavy (non-hydrogen) atoms. The lowest BCUT2D eigenvalue weighted by Gasteiger charge is -2.40. The normalized spacial score (nSPS) is 21.5. The van der Waals surface area contributed by atoms with Gasteiger partial charge in [0, 0.05) is 78.1 Å². The van der Waals surface area contributed by atoms with Gasteiger partial charge >= 0.3 is 12.0 Å². The number of piperidine rings is 1. The Morgan fingerprint density at radius 2 is 1.12 bits per heavy atom. The van der Waals surface area contributed by atoms with Crippen LogP contribution in [0, 0.1) is 22.7 Å². The number of nitrogens with zero attached hydrogens (tertiary/aromatic N) is 13. The molecule has 2 aromatic heterocycles. The molecule has 6 aliphatic heterocycles. The number of hydrogen-bond donors (Lipinski definition) is 0. The Bertz CT molecular complexity index is 3170. The number of carbonyl (C=O) groups excluding carboxylic acids is 1. The van der Waals surface area contributed by atoms with Crippen LogP contribution in [-0.2, 0) is 30.7 Å². The number of ether oxygens (including phenoxy) is 2. The maximum absolute atomic E-state index is 12.3. The number of halogens is 1. The van der Waals surface area contributed by atoms with Crippen molar-refractivity contribution in [1.82, 2.24) is 34.6 Å². The van der Waals surface area contributed by atoms with Gasteiger partial charge < -0.3 is 43.8 Å². The van der Waals surface area contributed by atoms with Gasteiger partial charge in [-0.2, -0.15) is 30.5 Å². The fourth-order valence-electron chi connectivity index (χ4n) is 12.3. The zero-order valence-electron chi connectivity index (χ0n) is 44.5. The number of anilines is 4. The van der Waals surface area contributed by atoms with Crippen LogP contribution in [0.25, 0.3) is 21.5 Å². The topological polar surface area (TPSA) is 157 Å². The molecule has 0 aliphatic carbocycles. The quantitative estimate of drug-likeness (QED) is 0.115. The van der Waals surface area contributed by atoms with Crippen LogP contribution in [0.1, 0.15) is 67.5 Å². The van der Waals surface area contributed by atoms with E-state index in [0.29, 0.717) is 70.0 Å². The minimum absolute atomic E-state index is 0. The number of benzene rings is 4. The lowest BCUT2D eigenvalue weighted by molar-refractivity contribution is -0.126. The van der Waals surface area contributed by atoms with Gasteiger partial charge in [0.05, 0.1) is 43.2 Å². The molecule has 8 heterocycles. The van der Waals surface area contributed by atoms with Crippen molar-refractivity contribution >= 4 is 50.5 Å². The summed E-state index contributed by atoms with van der Waals surface area (Å²) in [6.45, 7) is 12.2. The molecule has 0 bridgehead atoms. The molecule has 16 nitrogen and oxygen atoms in total. The van der Waals surface area contributed by atoms with E-state index in [1.807, 2.05) is 4.90 Å². The van der Waals surface area contributed by atoms with Gasteiger partial charge in [0.2, 0.25) is 5.91 Å².